The third kappa shape index (κ3) is 3.51. The number of benzene rings is 1. The molecule has 2 aromatic rings. The quantitative estimate of drug-likeness (QED) is 0.836. The first-order chi connectivity index (χ1) is 13.1. The Bertz CT molecular complexity index is 878. The van der Waals surface area contributed by atoms with Crippen LogP contribution in [0.5, 0.6) is 5.75 Å². The van der Waals surface area contributed by atoms with Crippen molar-refractivity contribution in [3.05, 3.63) is 47.8 Å². The van der Waals surface area contributed by atoms with E-state index in [0.717, 1.165) is 0 Å². The highest BCUT2D eigenvalue weighted by Gasteiger charge is 2.25. The van der Waals surface area contributed by atoms with Crippen molar-refractivity contribution in [3.8, 4) is 5.75 Å². The van der Waals surface area contributed by atoms with Gasteiger partial charge in [-0.2, -0.15) is 0 Å². The number of hydrogen-bond donors (Lipinski definition) is 2. The minimum atomic E-state index is -0.236. The number of aromatic amines is 1. The van der Waals surface area contributed by atoms with Crippen molar-refractivity contribution in [2.45, 2.75) is 6.42 Å². The zero-order chi connectivity index (χ0) is 18.8. The van der Waals surface area contributed by atoms with E-state index in [9.17, 15) is 14.4 Å². The summed E-state index contributed by atoms with van der Waals surface area (Å²) in [6, 6.07) is 8.58. The number of H-pyrrole nitrogens is 1. The van der Waals surface area contributed by atoms with E-state index in [2.05, 4.69) is 10.3 Å². The van der Waals surface area contributed by atoms with E-state index >= 15 is 0 Å². The number of ether oxygens (including phenoxy) is 1. The Kier molecular flexibility index (Phi) is 4.53. The summed E-state index contributed by atoms with van der Waals surface area (Å²) in [5.41, 5.74) is 1.55. The summed E-state index contributed by atoms with van der Waals surface area (Å²) in [4.78, 5) is 43.3. The van der Waals surface area contributed by atoms with Gasteiger partial charge in [0.1, 0.15) is 11.4 Å². The molecule has 2 aliphatic rings. The predicted octanol–water partition coefficient (Wildman–Crippen LogP) is 1.33. The number of carbonyl (C=O) groups is 3. The van der Waals surface area contributed by atoms with Crippen LogP contribution < -0.4 is 10.1 Å². The fraction of sp³-hybridized carbons (Fsp3) is 0.316. The zero-order valence-corrected chi connectivity index (χ0v) is 14.7. The number of anilines is 1. The number of amides is 3. The zero-order valence-electron chi connectivity index (χ0n) is 14.7. The minimum absolute atomic E-state index is 0.0168. The summed E-state index contributed by atoms with van der Waals surface area (Å²) in [7, 11) is 0. The number of rotatable bonds is 2. The molecule has 0 saturated carbocycles. The van der Waals surface area contributed by atoms with Crippen molar-refractivity contribution < 1.29 is 19.1 Å². The summed E-state index contributed by atoms with van der Waals surface area (Å²) in [6.45, 7) is 2.11. The van der Waals surface area contributed by atoms with Gasteiger partial charge >= 0.3 is 0 Å². The number of hydrogen-bond acceptors (Lipinski definition) is 4. The molecule has 27 heavy (non-hydrogen) atoms. The van der Waals surface area contributed by atoms with Gasteiger partial charge in [0, 0.05) is 37.9 Å². The average molecular weight is 368 g/mol. The van der Waals surface area contributed by atoms with Crippen LogP contribution >= 0.6 is 0 Å². The number of nitrogens with zero attached hydrogens (tertiary/aromatic N) is 2. The van der Waals surface area contributed by atoms with Gasteiger partial charge in [0.15, 0.2) is 6.61 Å². The molecular weight excluding hydrogens is 348 g/mol. The standard InChI is InChI=1S/C19H20N4O4/c24-17-12-27-16-5-4-13(11-15(16)21-17)18(25)22-7-2-8-23(10-9-22)19(26)14-3-1-6-20-14/h1,3-6,11,20H,2,7-10,12H2,(H,21,24). The molecule has 0 atom stereocenters. The van der Waals surface area contributed by atoms with Crippen LogP contribution in [0.2, 0.25) is 0 Å². The van der Waals surface area contributed by atoms with Gasteiger partial charge in [0.25, 0.3) is 17.7 Å². The van der Waals surface area contributed by atoms with Crippen molar-refractivity contribution in [1.29, 1.82) is 0 Å². The lowest BCUT2D eigenvalue weighted by Gasteiger charge is -2.23. The van der Waals surface area contributed by atoms with Crippen LogP contribution in [-0.4, -0.2) is 65.3 Å². The van der Waals surface area contributed by atoms with Crippen molar-refractivity contribution in [2.75, 3.05) is 38.1 Å². The summed E-state index contributed by atoms with van der Waals surface area (Å²) in [5, 5.41) is 2.72. The van der Waals surface area contributed by atoms with Crippen LogP contribution in [0.3, 0.4) is 0 Å². The van der Waals surface area contributed by atoms with Crippen LogP contribution in [0, 0.1) is 0 Å². The Hall–Kier alpha value is -3.29. The Balaban J connectivity index is 1.45. The van der Waals surface area contributed by atoms with Crippen LogP contribution in [-0.2, 0) is 4.79 Å². The van der Waals surface area contributed by atoms with Crippen LogP contribution in [0.1, 0.15) is 27.3 Å². The molecule has 2 aliphatic heterocycles. The van der Waals surface area contributed by atoms with Crippen molar-refractivity contribution >= 4 is 23.4 Å². The molecule has 0 bridgehead atoms. The van der Waals surface area contributed by atoms with E-state index in [1.807, 2.05) is 0 Å². The largest absolute Gasteiger partial charge is 0.482 e. The average Bonchev–Trinajstić information content (AvgIpc) is 3.11. The predicted molar refractivity (Wildman–Crippen MR) is 97.8 cm³/mol. The Morgan fingerprint density at radius 1 is 1.00 bits per heavy atom. The van der Waals surface area contributed by atoms with Gasteiger partial charge in [0.05, 0.1) is 5.69 Å². The first-order valence-electron chi connectivity index (χ1n) is 8.90. The fourth-order valence-electron chi connectivity index (χ4n) is 3.36. The lowest BCUT2D eigenvalue weighted by molar-refractivity contribution is -0.118. The van der Waals surface area contributed by atoms with Gasteiger partial charge in [-0.3, -0.25) is 14.4 Å². The summed E-state index contributed by atoms with van der Waals surface area (Å²) in [5.74, 6) is 0.153. The molecule has 2 N–H and O–H groups in total. The van der Waals surface area contributed by atoms with Crippen molar-refractivity contribution in [3.63, 3.8) is 0 Å². The third-order valence-corrected chi connectivity index (χ3v) is 4.76. The van der Waals surface area contributed by atoms with E-state index in [-0.39, 0.29) is 24.3 Å². The molecule has 0 unspecified atom stereocenters. The minimum Gasteiger partial charge on any atom is -0.482 e. The molecule has 1 aromatic heterocycles. The lowest BCUT2D eigenvalue weighted by atomic mass is 10.1. The highest BCUT2D eigenvalue weighted by Crippen LogP contribution is 2.29. The Labute approximate surface area is 156 Å². The van der Waals surface area contributed by atoms with Gasteiger partial charge in [-0.1, -0.05) is 0 Å². The van der Waals surface area contributed by atoms with Gasteiger partial charge < -0.3 is 24.8 Å². The van der Waals surface area contributed by atoms with Gasteiger partial charge in [0.2, 0.25) is 0 Å². The van der Waals surface area contributed by atoms with Crippen LogP contribution in [0.25, 0.3) is 0 Å². The maximum Gasteiger partial charge on any atom is 0.270 e. The van der Waals surface area contributed by atoms with Crippen LogP contribution in [0.4, 0.5) is 5.69 Å². The second-order valence-electron chi connectivity index (χ2n) is 6.57. The SMILES string of the molecule is O=C1COc2ccc(C(=O)N3CCCN(C(=O)c4ccc[nH]4)CC3)cc2N1. The van der Waals surface area contributed by atoms with Gasteiger partial charge in [-0.25, -0.2) is 0 Å². The molecule has 0 radical (unpaired) electrons. The molecule has 8 nitrogen and oxygen atoms in total. The summed E-state index contributed by atoms with van der Waals surface area (Å²) >= 11 is 0. The second kappa shape index (κ2) is 7.14. The molecule has 8 heteroatoms. The normalized spacial score (nSPS) is 16.8. The van der Waals surface area contributed by atoms with E-state index in [4.69, 9.17) is 4.74 Å². The second-order valence-corrected chi connectivity index (χ2v) is 6.57. The fourth-order valence-corrected chi connectivity index (χ4v) is 3.36. The monoisotopic (exact) mass is 368 g/mol. The Morgan fingerprint density at radius 2 is 1.78 bits per heavy atom. The topological polar surface area (TPSA) is 94.7 Å². The molecule has 0 aliphatic carbocycles. The molecule has 0 spiro atoms. The number of fused-ring (bicyclic) bond motifs is 1. The molecule has 140 valence electrons. The molecular formula is C19H20N4O4. The highest BCUT2D eigenvalue weighted by atomic mass is 16.5. The maximum atomic E-state index is 12.9. The van der Waals surface area contributed by atoms with E-state index in [1.54, 1.807) is 46.3 Å². The molecule has 3 amide bonds. The molecule has 1 aromatic carbocycles. The molecule has 3 heterocycles. The van der Waals surface area contributed by atoms with Gasteiger partial charge in [-0.05, 0) is 36.8 Å². The van der Waals surface area contributed by atoms with Gasteiger partial charge in [-0.15, -0.1) is 0 Å². The summed E-state index contributed by atoms with van der Waals surface area (Å²) in [6.07, 6.45) is 2.43. The third-order valence-electron chi connectivity index (χ3n) is 4.76. The highest BCUT2D eigenvalue weighted by molar-refractivity contribution is 6.00. The van der Waals surface area contributed by atoms with E-state index in [0.29, 0.717) is 55.3 Å². The van der Waals surface area contributed by atoms with Crippen LogP contribution in [0.15, 0.2) is 36.5 Å². The number of nitrogens with one attached hydrogen (secondary N) is 2. The molecule has 4 rings (SSSR count). The molecule has 1 fully saturated rings. The van der Waals surface area contributed by atoms with Crippen molar-refractivity contribution in [2.24, 2.45) is 0 Å². The molecule has 1 saturated heterocycles. The van der Waals surface area contributed by atoms with E-state index in [1.165, 1.54) is 0 Å². The maximum absolute atomic E-state index is 12.9. The first-order valence-corrected chi connectivity index (χ1v) is 8.90. The smallest absolute Gasteiger partial charge is 0.270 e. The summed E-state index contributed by atoms with van der Waals surface area (Å²) < 4.78 is 5.33. The first kappa shape index (κ1) is 17.1. The number of aromatic nitrogens is 1. The van der Waals surface area contributed by atoms with Crippen molar-refractivity contribution in [1.82, 2.24) is 14.8 Å². The lowest BCUT2D eigenvalue weighted by Crippen LogP contribution is -2.37. The number of carbonyl (C=O) groups excluding carboxylic acids is 3. The van der Waals surface area contributed by atoms with E-state index < -0.39 is 0 Å². The Morgan fingerprint density at radius 3 is 2.52 bits per heavy atom.